The summed E-state index contributed by atoms with van der Waals surface area (Å²) in [7, 11) is 0. The summed E-state index contributed by atoms with van der Waals surface area (Å²) in [5.41, 5.74) is 1.52. The van der Waals surface area contributed by atoms with Gasteiger partial charge >= 0.3 is 0 Å². The van der Waals surface area contributed by atoms with E-state index in [0.717, 1.165) is 17.7 Å². The maximum absolute atomic E-state index is 12.9. The highest BCUT2D eigenvalue weighted by atomic mass is 19.1. The highest BCUT2D eigenvalue weighted by Crippen LogP contribution is 2.30. The number of rotatable bonds is 1. The first-order valence-corrected chi connectivity index (χ1v) is 4.69. The highest BCUT2D eigenvalue weighted by Gasteiger charge is 2.08. The molecule has 16 heavy (non-hydrogen) atoms. The second-order valence-electron chi connectivity index (χ2n) is 3.52. The number of phenols is 1. The normalized spacial score (nSPS) is 10.4. The molecule has 2 rings (SSSR count). The van der Waals surface area contributed by atoms with Gasteiger partial charge in [-0.2, -0.15) is 13.8 Å². The second-order valence-corrected chi connectivity index (χ2v) is 3.52. The molecule has 1 heterocycles. The van der Waals surface area contributed by atoms with Gasteiger partial charge in [0.15, 0.2) is 0 Å². The lowest BCUT2D eigenvalue weighted by Crippen LogP contribution is -1.90. The molecule has 2 nitrogen and oxygen atoms in total. The van der Waals surface area contributed by atoms with Gasteiger partial charge in [-0.15, -0.1) is 0 Å². The Bertz CT molecular complexity index is 520. The number of nitrogens with zero attached hydrogens (tertiary/aromatic N) is 1. The van der Waals surface area contributed by atoms with Gasteiger partial charge in [0.05, 0.1) is 0 Å². The largest absolute Gasteiger partial charge is 0.507 e. The molecule has 82 valence electrons. The van der Waals surface area contributed by atoms with Crippen molar-refractivity contribution in [2.45, 2.75) is 6.92 Å². The minimum Gasteiger partial charge on any atom is -0.507 e. The average molecular weight is 221 g/mol. The molecular formula is C12H9F2NO. The molecule has 0 bridgehead atoms. The second kappa shape index (κ2) is 3.89. The fourth-order valence-corrected chi connectivity index (χ4v) is 1.51. The maximum Gasteiger partial charge on any atom is 0.216 e. The van der Waals surface area contributed by atoms with Crippen LogP contribution in [-0.4, -0.2) is 10.1 Å². The number of pyridine rings is 1. The summed E-state index contributed by atoms with van der Waals surface area (Å²) < 4.78 is 25.8. The van der Waals surface area contributed by atoms with Gasteiger partial charge in [0.25, 0.3) is 0 Å². The quantitative estimate of drug-likeness (QED) is 0.751. The lowest BCUT2D eigenvalue weighted by Gasteiger charge is -2.05. The zero-order valence-corrected chi connectivity index (χ0v) is 8.54. The third-order valence-corrected chi connectivity index (χ3v) is 2.23. The van der Waals surface area contributed by atoms with Gasteiger partial charge in [-0.25, -0.2) is 0 Å². The molecule has 1 N–H and O–H groups in total. The van der Waals surface area contributed by atoms with E-state index in [1.54, 1.807) is 12.1 Å². The lowest BCUT2D eigenvalue weighted by molar-refractivity contribution is 0.476. The van der Waals surface area contributed by atoms with Crippen LogP contribution in [0, 0.1) is 18.8 Å². The molecule has 0 unspecified atom stereocenters. The molecule has 0 radical (unpaired) electrons. The van der Waals surface area contributed by atoms with Crippen LogP contribution in [0.5, 0.6) is 5.75 Å². The first-order chi connectivity index (χ1) is 7.56. The molecule has 0 spiro atoms. The van der Waals surface area contributed by atoms with E-state index in [1.165, 1.54) is 6.07 Å². The summed E-state index contributed by atoms with van der Waals surface area (Å²) in [4.78, 5) is 2.99. The number of aromatic hydroxyl groups is 1. The first kappa shape index (κ1) is 10.5. The van der Waals surface area contributed by atoms with Crippen LogP contribution in [0.25, 0.3) is 11.1 Å². The van der Waals surface area contributed by atoms with Crippen molar-refractivity contribution >= 4 is 0 Å². The molecule has 0 aliphatic carbocycles. The summed E-state index contributed by atoms with van der Waals surface area (Å²) in [6, 6.07) is 7.05. The van der Waals surface area contributed by atoms with Crippen molar-refractivity contribution in [2.24, 2.45) is 0 Å². The Morgan fingerprint density at radius 2 is 1.69 bits per heavy atom. The van der Waals surface area contributed by atoms with E-state index in [0.29, 0.717) is 5.56 Å². The van der Waals surface area contributed by atoms with Crippen LogP contribution in [-0.2, 0) is 0 Å². The lowest BCUT2D eigenvalue weighted by atomic mass is 10.0. The molecule has 0 amide bonds. The number of hydrogen-bond acceptors (Lipinski definition) is 2. The van der Waals surface area contributed by atoms with Crippen LogP contribution in [0.3, 0.4) is 0 Å². The Morgan fingerprint density at radius 1 is 1.06 bits per heavy atom. The average Bonchev–Trinajstić information content (AvgIpc) is 2.15. The number of phenolic OH excluding ortho intramolecular Hbond substituents is 1. The summed E-state index contributed by atoms with van der Waals surface area (Å²) >= 11 is 0. The van der Waals surface area contributed by atoms with Crippen LogP contribution in [0.2, 0.25) is 0 Å². The summed E-state index contributed by atoms with van der Waals surface area (Å²) in [5, 5.41) is 9.66. The van der Waals surface area contributed by atoms with Crippen LogP contribution >= 0.6 is 0 Å². The van der Waals surface area contributed by atoms with Crippen molar-refractivity contribution in [2.75, 3.05) is 0 Å². The smallest absolute Gasteiger partial charge is 0.216 e. The highest BCUT2D eigenvalue weighted by molar-refractivity contribution is 5.70. The number of halogens is 2. The Balaban J connectivity index is 2.58. The molecule has 2 aromatic rings. The first-order valence-electron chi connectivity index (χ1n) is 4.69. The van der Waals surface area contributed by atoms with Crippen molar-refractivity contribution in [3.05, 3.63) is 47.8 Å². The molecule has 1 aromatic heterocycles. The number of aromatic nitrogens is 1. The van der Waals surface area contributed by atoms with E-state index < -0.39 is 11.9 Å². The molecular weight excluding hydrogens is 212 g/mol. The summed E-state index contributed by atoms with van der Waals surface area (Å²) in [6.07, 6.45) is 0. The SMILES string of the molecule is Cc1ccc(-c2cc(F)nc(F)c2)c(O)c1. The van der Waals surface area contributed by atoms with Crippen LogP contribution in [0.1, 0.15) is 5.56 Å². The molecule has 0 saturated carbocycles. The zero-order valence-electron chi connectivity index (χ0n) is 8.54. The fraction of sp³-hybridized carbons (Fsp3) is 0.0833. The molecule has 1 aromatic carbocycles. The third kappa shape index (κ3) is 2.00. The Labute approximate surface area is 91.2 Å². The van der Waals surface area contributed by atoms with E-state index in [1.807, 2.05) is 6.92 Å². The van der Waals surface area contributed by atoms with Gasteiger partial charge in [0.2, 0.25) is 11.9 Å². The molecule has 0 atom stereocenters. The molecule has 0 aliphatic rings. The predicted molar refractivity (Wildman–Crippen MR) is 56.0 cm³/mol. The van der Waals surface area contributed by atoms with Gasteiger partial charge in [-0.05, 0) is 24.1 Å². The molecule has 0 aliphatic heterocycles. The van der Waals surface area contributed by atoms with E-state index in [-0.39, 0.29) is 11.3 Å². The Kier molecular flexibility index (Phi) is 2.56. The van der Waals surface area contributed by atoms with Gasteiger partial charge in [0.1, 0.15) is 5.75 Å². The van der Waals surface area contributed by atoms with Gasteiger partial charge in [-0.1, -0.05) is 12.1 Å². The van der Waals surface area contributed by atoms with Gasteiger partial charge in [-0.3, -0.25) is 0 Å². The Morgan fingerprint density at radius 3 is 2.25 bits per heavy atom. The van der Waals surface area contributed by atoms with Crippen molar-refractivity contribution in [1.82, 2.24) is 4.98 Å². The van der Waals surface area contributed by atoms with Crippen molar-refractivity contribution in [1.29, 1.82) is 0 Å². The van der Waals surface area contributed by atoms with Crippen LogP contribution in [0.15, 0.2) is 30.3 Å². The fourth-order valence-electron chi connectivity index (χ4n) is 1.51. The topological polar surface area (TPSA) is 33.1 Å². The summed E-state index contributed by atoms with van der Waals surface area (Å²) in [6.45, 7) is 1.82. The van der Waals surface area contributed by atoms with Crippen molar-refractivity contribution in [3.63, 3.8) is 0 Å². The number of aryl methyl sites for hydroxylation is 1. The van der Waals surface area contributed by atoms with E-state index in [4.69, 9.17) is 0 Å². The molecule has 4 heteroatoms. The third-order valence-electron chi connectivity index (χ3n) is 2.23. The van der Waals surface area contributed by atoms with Crippen LogP contribution in [0.4, 0.5) is 8.78 Å². The van der Waals surface area contributed by atoms with E-state index in [9.17, 15) is 13.9 Å². The summed E-state index contributed by atoms with van der Waals surface area (Å²) in [5.74, 6) is -1.82. The molecule has 0 saturated heterocycles. The van der Waals surface area contributed by atoms with Crippen molar-refractivity contribution < 1.29 is 13.9 Å². The van der Waals surface area contributed by atoms with Gasteiger partial charge < -0.3 is 5.11 Å². The van der Waals surface area contributed by atoms with E-state index >= 15 is 0 Å². The monoisotopic (exact) mass is 221 g/mol. The predicted octanol–water partition coefficient (Wildman–Crippen LogP) is 3.04. The van der Waals surface area contributed by atoms with Crippen LogP contribution < -0.4 is 0 Å². The molecule has 0 fully saturated rings. The number of hydrogen-bond donors (Lipinski definition) is 1. The van der Waals surface area contributed by atoms with E-state index in [2.05, 4.69) is 4.98 Å². The zero-order chi connectivity index (χ0) is 11.7. The van der Waals surface area contributed by atoms with Crippen molar-refractivity contribution in [3.8, 4) is 16.9 Å². The number of benzene rings is 1. The minimum atomic E-state index is -0.907. The Hall–Kier alpha value is -1.97. The van der Waals surface area contributed by atoms with Gasteiger partial charge in [0, 0.05) is 17.7 Å². The minimum absolute atomic E-state index is 0.00926. The maximum atomic E-state index is 12.9. The standard InChI is InChI=1S/C12H9F2NO/c1-7-2-3-9(10(16)4-7)8-5-11(13)15-12(14)6-8/h2-6,16H,1H3.